The van der Waals surface area contributed by atoms with Crippen molar-refractivity contribution in [2.45, 2.75) is 0 Å². The molecule has 86 valence electrons. The Kier molecular flexibility index (Phi) is 2.77. The summed E-state index contributed by atoms with van der Waals surface area (Å²) in [5, 5.41) is 11.6. The van der Waals surface area contributed by atoms with E-state index in [4.69, 9.17) is 10.8 Å². The molecule has 0 radical (unpaired) electrons. The molecule has 17 heavy (non-hydrogen) atoms. The average Bonchev–Trinajstić information content (AvgIpc) is 2.29. The van der Waals surface area contributed by atoms with Crippen LogP contribution in [0, 0.1) is 0 Å². The van der Waals surface area contributed by atoms with Crippen LogP contribution >= 0.6 is 0 Å². The van der Waals surface area contributed by atoms with Gasteiger partial charge in [0.15, 0.2) is 5.69 Å². The number of aromatic carboxylic acids is 1. The number of carboxylic acid groups (broad SMARTS) is 1. The van der Waals surface area contributed by atoms with Gasteiger partial charge in [0.2, 0.25) is 0 Å². The molecule has 0 amide bonds. The van der Waals surface area contributed by atoms with Crippen LogP contribution in [0.15, 0.2) is 24.8 Å². The molecule has 8 nitrogen and oxygen atoms in total. The van der Waals surface area contributed by atoms with Crippen LogP contribution in [0.25, 0.3) is 0 Å². The standard InChI is InChI=1S/C9H8N6O2/c10-6-2-8(14-4-12-6)15-7-1-5(9(16)17)11-3-13-7/h1-4H,(H,16,17)(H3,10,11,12,13,14,15). The van der Waals surface area contributed by atoms with Crippen LogP contribution in [0.2, 0.25) is 0 Å². The van der Waals surface area contributed by atoms with Gasteiger partial charge in [-0.25, -0.2) is 24.7 Å². The molecule has 0 aliphatic rings. The highest BCUT2D eigenvalue weighted by molar-refractivity contribution is 5.86. The molecule has 0 saturated heterocycles. The van der Waals surface area contributed by atoms with E-state index in [9.17, 15) is 4.79 Å². The van der Waals surface area contributed by atoms with Gasteiger partial charge in [-0.3, -0.25) is 0 Å². The minimum atomic E-state index is -1.13. The normalized spacial score (nSPS) is 9.88. The molecule has 0 atom stereocenters. The fourth-order valence-corrected chi connectivity index (χ4v) is 1.11. The first-order valence-corrected chi connectivity index (χ1v) is 4.55. The Hall–Kier alpha value is -2.77. The van der Waals surface area contributed by atoms with Crippen LogP contribution in [0.4, 0.5) is 17.5 Å². The first-order chi connectivity index (χ1) is 8.15. The number of nitrogens with zero attached hydrogens (tertiary/aromatic N) is 4. The summed E-state index contributed by atoms with van der Waals surface area (Å²) >= 11 is 0. The third-order valence-electron chi connectivity index (χ3n) is 1.83. The molecule has 0 unspecified atom stereocenters. The van der Waals surface area contributed by atoms with Crippen LogP contribution in [0.3, 0.4) is 0 Å². The van der Waals surface area contributed by atoms with E-state index < -0.39 is 5.97 Å². The molecule has 8 heteroatoms. The molecule has 4 N–H and O–H groups in total. The predicted octanol–water partition coefficient (Wildman–Crippen LogP) is 0.291. The molecule has 0 fully saturated rings. The summed E-state index contributed by atoms with van der Waals surface area (Å²) in [6.07, 6.45) is 2.44. The first kappa shape index (κ1) is 10.7. The fourth-order valence-electron chi connectivity index (χ4n) is 1.11. The zero-order valence-corrected chi connectivity index (χ0v) is 8.53. The zero-order valence-electron chi connectivity index (χ0n) is 8.53. The maximum atomic E-state index is 10.7. The van der Waals surface area contributed by atoms with Crippen molar-refractivity contribution in [3.63, 3.8) is 0 Å². The Labute approximate surface area is 95.6 Å². The Bertz CT molecular complexity index is 559. The van der Waals surface area contributed by atoms with Crippen molar-refractivity contribution in [2.75, 3.05) is 11.1 Å². The van der Waals surface area contributed by atoms with Crippen LogP contribution in [-0.4, -0.2) is 31.0 Å². The molecule has 0 spiro atoms. The second kappa shape index (κ2) is 4.39. The van der Waals surface area contributed by atoms with Gasteiger partial charge < -0.3 is 16.2 Å². The summed E-state index contributed by atoms with van der Waals surface area (Å²) in [4.78, 5) is 25.8. The van der Waals surface area contributed by atoms with Crippen molar-refractivity contribution in [1.82, 2.24) is 19.9 Å². The number of aromatic nitrogens is 4. The van der Waals surface area contributed by atoms with Gasteiger partial charge in [0.05, 0.1) is 0 Å². The van der Waals surface area contributed by atoms with E-state index in [0.717, 1.165) is 6.33 Å². The van der Waals surface area contributed by atoms with Crippen LogP contribution in [0.5, 0.6) is 0 Å². The van der Waals surface area contributed by atoms with Crippen LogP contribution < -0.4 is 11.1 Å². The monoisotopic (exact) mass is 232 g/mol. The van der Waals surface area contributed by atoms with Crippen molar-refractivity contribution in [1.29, 1.82) is 0 Å². The molecule has 2 heterocycles. The average molecular weight is 232 g/mol. The van der Waals surface area contributed by atoms with E-state index >= 15 is 0 Å². The Balaban J connectivity index is 2.24. The lowest BCUT2D eigenvalue weighted by atomic mass is 10.4. The first-order valence-electron chi connectivity index (χ1n) is 4.55. The smallest absolute Gasteiger partial charge is 0.354 e. The van der Waals surface area contributed by atoms with Gasteiger partial charge in [-0.05, 0) is 0 Å². The van der Waals surface area contributed by atoms with E-state index in [1.54, 1.807) is 0 Å². The van der Waals surface area contributed by atoms with Gasteiger partial charge in [0, 0.05) is 12.1 Å². The van der Waals surface area contributed by atoms with E-state index in [-0.39, 0.29) is 5.69 Å². The zero-order chi connectivity index (χ0) is 12.3. The lowest BCUT2D eigenvalue weighted by Gasteiger charge is -2.04. The van der Waals surface area contributed by atoms with Crippen molar-refractivity contribution in [3.05, 3.63) is 30.5 Å². The van der Waals surface area contributed by atoms with Gasteiger partial charge in [0.1, 0.15) is 30.1 Å². The summed E-state index contributed by atoms with van der Waals surface area (Å²) in [7, 11) is 0. The number of hydrogen-bond donors (Lipinski definition) is 3. The number of carboxylic acids is 1. The Morgan fingerprint density at radius 3 is 2.41 bits per heavy atom. The van der Waals surface area contributed by atoms with Crippen molar-refractivity contribution in [2.24, 2.45) is 0 Å². The van der Waals surface area contributed by atoms with Crippen LogP contribution in [0.1, 0.15) is 10.5 Å². The quantitative estimate of drug-likeness (QED) is 0.689. The summed E-state index contributed by atoms with van der Waals surface area (Å²) in [6.45, 7) is 0. The maximum absolute atomic E-state index is 10.7. The molecule has 0 saturated carbocycles. The van der Waals surface area contributed by atoms with Gasteiger partial charge in [-0.1, -0.05) is 0 Å². The third-order valence-corrected chi connectivity index (χ3v) is 1.83. The lowest BCUT2D eigenvalue weighted by Crippen LogP contribution is -2.04. The Morgan fingerprint density at radius 2 is 1.76 bits per heavy atom. The van der Waals surface area contributed by atoms with E-state index in [1.165, 1.54) is 18.5 Å². The van der Waals surface area contributed by atoms with Gasteiger partial charge in [-0.15, -0.1) is 0 Å². The number of nitrogen functional groups attached to an aromatic ring is 1. The number of rotatable bonds is 3. The summed E-state index contributed by atoms with van der Waals surface area (Å²) < 4.78 is 0. The second-order valence-electron chi connectivity index (χ2n) is 3.05. The molecule has 2 aromatic rings. The molecule has 0 aromatic carbocycles. The van der Waals surface area contributed by atoms with Gasteiger partial charge in [-0.2, -0.15) is 0 Å². The third kappa shape index (κ3) is 2.62. The van der Waals surface area contributed by atoms with Crippen LogP contribution in [-0.2, 0) is 0 Å². The highest BCUT2D eigenvalue weighted by Crippen LogP contribution is 2.12. The van der Waals surface area contributed by atoms with E-state index in [1.807, 2.05) is 0 Å². The number of anilines is 3. The predicted molar refractivity (Wildman–Crippen MR) is 58.7 cm³/mol. The number of hydrogen-bond acceptors (Lipinski definition) is 7. The number of carbonyl (C=O) groups is 1. The highest BCUT2D eigenvalue weighted by Gasteiger charge is 2.06. The molecule has 2 rings (SSSR count). The minimum Gasteiger partial charge on any atom is -0.477 e. The molecule has 2 aromatic heterocycles. The summed E-state index contributed by atoms with van der Waals surface area (Å²) in [5.41, 5.74) is 5.37. The topological polar surface area (TPSA) is 127 Å². The maximum Gasteiger partial charge on any atom is 0.354 e. The lowest BCUT2D eigenvalue weighted by molar-refractivity contribution is 0.0690. The number of nitrogens with one attached hydrogen (secondary N) is 1. The van der Waals surface area contributed by atoms with E-state index in [0.29, 0.717) is 17.5 Å². The summed E-state index contributed by atoms with van der Waals surface area (Å²) in [5.74, 6) is -0.0873. The SMILES string of the molecule is Nc1cc(Nc2cc(C(=O)O)ncn2)ncn1. The molecule has 0 bridgehead atoms. The van der Waals surface area contributed by atoms with E-state index in [2.05, 4.69) is 25.3 Å². The molecule has 0 aliphatic carbocycles. The van der Waals surface area contributed by atoms with Crippen molar-refractivity contribution in [3.8, 4) is 0 Å². The molecular weight excluding hydrogens is 224 g/mol. The summed E-state index contributed by atoms with van der Waals surface area (Å²) in [6, 6.07) is 2.79. The Morgan fingerprint density at radius 1 is 1.12 bits per heavy atom. The molecular formula is C9H8N6O2. The van der Waals surface area contributed by atoms with Crippen molar-refractivity contribution < 1.29 is 9.90 Å². The van der Waals surface area contributed by atoms with Crippen molar-refractivity contribution >= 4 is 23.4 Å². The minimum absolute atomic E-state index is 0.107. The number of nitrogens with two attached hydrogens (primary N) is 1. The van der Waals surface area contributed by atoms with Gasteiger partial charge in [0.25, 0.3) is 0 Å². The second-order valence-corrected chi connectivity index (χ2v) is 3.05. The van der Waals surface area contributed by atoms with Gasteiger partial charge >= 0.3 is 5.97 Å². The molecule has 0 aliphatic heterocycles. The highest BCUT2D eigenvalue weighted by atomic mass is 16.4. The fraction of sp³-hybridized carbons (Fsp3) is 0. The largest absolute Gasteiger partial charge is 0.477 e.